The van der Waals surface area contributed by atoms with E-state index < -0.39 is 0 Å². The van der Waals surface area contributed by atoms with Gasteiger partial charge in [0.15, 0.2) is 5.82 Å². The van der Waals surface area contributed by atoms with Gasteiger partial charge in [0.1, 0.15) is 0 Å². The van der Waals surface area contributed by atoms with Gasteiger partial charge in [-0.3, -0.25) is 0 Å². The summed E-state index contributed by atoms with van der Waals surface area (Å²) in [6.45, 7) is 0. The van der Waals surface area contributed by atoms with Crippen LogP contribution < -0.4 is 0 Å². The molecule has 0 bridgehead atoms. The number of hydrogen-bond acceptors (Lipinski definition) is 4. The predicted octanol–water partition coefficient (Wildman–Crippen LogP) is 14.5. The van der Waals surface area contributed by atoms with Gasteiger partial charge in [-0.2, -0.15) is 0 Å². The van der Waals surface area contributed by atoms with Crippen LogP contribution in [0.1, 0.15) is 0 Å². The predicted molar refractivity (Wildman–Crippen MR) is 240 cm³/mol. The Labute approximate surface area is 334 Å². The average Bonchev–Trinajstić information content (AvgIpc) is 3.68. The third-order valence-electron chi connectivity index (χ3n) is 10.9. The van der Waals surface area contributed by atoms with Crippen molar-refractivity contribution in [3.05, 3.63) is 200 Å². The Morgan fingerprint density at radius 2 is 0.789 bits per heavy atom. The molecule has 3 nitrogen and oxygen atoms in total. The van der Waals surface area contributed by atoms with Crippen LogP contribution in [0.25, 0.3) is 109 Å². The molecular weight excluding hydrogens is 711 g/mol. The SMILES string of the molecule is c1ccc(-c2ccc(-c3cc(-c4ccc(-c5ccc(-c6nc7ccccc7c7c6ccc6sc8ccccc8c67)cc5)cc4)nc(-c4ccccc4)n3)cc2)cc1. The van der Waals surface area contributed by atoms with Gasteiger partial charge in [0, 0.05) is 58.6 Å². The van der Waals surface area contributed by atoms with Gasteiger partial charge in [-0.15, -0.1) is 11.3 Å². The first-order valence-corrected chi connectivity index (χ1v) is 20.0. The van der Waals surface area contributed by atoms with Gasteiger partial charge in [0.05, 0.1) is 22.6 Å². The molecule has 0 aliphatic carbocycles. The number of fused-ring (bicyclic) bond motifs is 7. The van der Waals surface area contributed by atoms with Gasteiger partial charge in [-0.1, -0.05) is 176 Å². The van der Waals surface area contributed by atoms with Crippen molar-refractivity contribution in [2.45, 2.75) is 0 Å². The van der Waals surface area contributed by atoms with Gasteiger partial charge in [-0.05, 0) is 46.5 Å². The van der Waals surface area contributed by atoms with Crippen LogP contribution in [-0.4, -0.2) is 15.0 Å². The zero-order valence-corrected chi connectivity index (χ0v) is 31.6. The summed E-state index contributed by atoms with van der Waals surface area (Å²) in [6.07, 6.45) is 0. The summed E-state index contributed by atoms with van der Waals surface area (Å²) in [5.41, 5.74) is 12.6. The van der Waals surface area contributed by atoms with Gasteiger partial charge < -0.3 is 0 Å². The fraction of sp³-hybridized carbons (Fsp3) is 0. The highest BCUT2D eigenvalue weighted by Crippen LogP contribution is 2.43. The Balaban J connectivity index is 0.946. The van der Waals surface area contributed by atoms with Crippen LogP contribution in [0.2, 0.25) is 0 Å². The normalized spacial score (nSPS) is 11.5. The van der Waals surface area contributed by atoms with Crippen LogP contribution in [0, 0.1) is 0 Å². The van der Waals surface area contributed by atoms with E-state index in [-0.39, 0.29) is 0 Å². The van der Waals surface area contributed by atoms with Gasteiger partial charge >= 0.3 is 0 Å². The molecule has 0 atom stereocenters. The molecule has 0 saturated carbocycles. The number of thiophene rings is 1. The molecule has 0 spiro atoms. The van der Waals surface area contributed by atoms with Crippen molar-refractivity contribution in [2.24, 2.45) is 0 Å². The van der Waals surface area contributed by atoms with E-state index in [4.69, 9.17) is 15.0 Å². The average molecular weight is 744 g/mol. The van der Waals surface area contributed by atoms with E-state index in [0.717, 1.165) is 56.0 Å². The summed E-state index contributed by atoms with van der Waals surface area (Å²) in [4.78, 5) is 15.4. The summed E-state index contributed by atoms with van der Waals surface area (Å²) >= 11 is 1.86. The summed E-state index contributed by atoms with van der Waals surface area (Å²) in [7, 11) is 0. The number of pyridine rings is 1. The number of rotatable bonds is 6. The molecule has 0 fully saturated rings. The summed E-state index contributed by atoms with van der Waals surface area (Å²) < 4.78 is 2.61. The van der Waals surface area contributed by atoms with Gasteiger partial charge in [-0.25, -0.2) is 15.0 Å². The first-order chi connectivity index (χ1) is 28.2. The highest BCUT2D eigenvalue weighted by molar-refractivity contribution is 7.26. The molecule has 11 rings (SSSR count). The second-order valence-electron chi connectivity index (χ2n) is 14.4. The highest BCUT2D eigenvalue weighted by atomic mass is 32.1. The fourth-order valence-electron chi connectivity index (χ4n) is 8.05. The third kappa shape index (κ3) is 5.95. The van der Waals surface area contributed by atoms with E-state index in [9.17, 15) is 0 Å². The van der Waals surface area contributed by atoms with E-state index in [0.29, 0.717) is 5.82 Å². The monoisotopic (exact) mass is 743 g/mol. The smallest absolute Gasteiger partial charge is 0.160 e. The maximum absolute atomic E-state index is 5.26. The third-order valence-corrected chi connectivity index (χ3v) is 12.1. The minimum Gasteiger partial charge on any atom is -0.247 e. The standard InChI is InChI=1S/C53H33N3S/c1-3-11-34(12-4-1)35-19-25-38(26-20-35)46-33-47(56-53(55-46)41-13-5-2-6-14-41)39-27-21-36(22-28-39)37-23-29-40(30-24-37)52-44-31-32-49-51(43-16-8-10-18-48(43)57-49)50(44)42-15-7-9-17-45(42)54-52/h1-33H. The Morgan fingerprint density at radius 1 is 0.298 bits per heavy atom. The van der Waals surface area contributed by atoms with E-state index in [2.05, 4.69) is 176 Å². The molecule has 3 heterocycles. The molecule has 0 aliphatic heterocycles. The van der Waals surface area contributed by atoms with Crippen molar-refractivity contribution < 1.29 is 0 Å². The van der Waals surface area contributed by atoms with Crippen molar-refractivity contribution >= 4 is 53.2 Å². The Hall–Kier alpha value is -7.27. The lowest BCUT2D eigenvalue weighted by Gasteiger charge is -2.12. The lowest BCUT2D eigenvalue weighted by atomic mass is 9.95. The molecule has 0 radical (unpaired) electrons. The zero-order valence-electron chi connectivity index (χ0n) is 30.8. The van der Waals surface area contributed by atoms with Crippen LogP contribution in [0.4, 0.5) is 0 Å². The molecule has 266 valence electrons. The van der Waals surface area contributed by atoms with Gasteiger partial charge in [0.25, 0.3) is 0 Å². The minimum atomic E-state index is 0.706. The molecule has 57 heavy (non-hydrogen) atoms. The van der Waals surface area contributed by atoms with Crippen LogP contribution in [0.3, 0.4) is 0 Å². The molecule has 4 heteroatoms. The molecule has 0 aliphatic rings. The Morgan fingerprint density at radius 3 is 1.42 bits per heavy atom. The number of hydrogen-bond donors (Lipinski definition) is 0. The molecular formula is C53H33N3S. The van der Waals surface area contributed by atoms with Gasteiger partial charge in [0.2, 0.25) is 0 Å². The van der Waals surface area contributed by atoms with Crippen molar-refractivity contribution in [1.82, 2.24) is 15.0 Å². The lowest BCUT2D eigenvalue weighted by molar-refractivity contribution is 1.18. The molecule has 0 N–H and O–H groups in total. The summed E-state index contributed by atoms with van der Waals surface area (Å²) in [5.74, 6) is 0.706. The minimum absolute atomic E-state index is 0.706. The number of benzene rings is 8. The fourth-order valence-corrected chi connectivity index (χ4v) is 9.17. The summed E-state index contributed by atoms with van der Waals surface area (Å²) in [5, 5.41) is 6.26. The van der Waals surface area contributed by atoms with Crippen LogP contribution in [0.5, 0.6) is 0 Å². The van der Waals surface area contributed by atoms with E-state index in [1.807, 2.05) is 35.6 Å². The number of aromatic nitrogens is 3. The first-order valence-electron chi connectivity index (χ1n) is 19.2. The van der Waals surface area contributed by atoms with Crippen molar-refractivity contribution in [1.29, 1.82) is 0 Å². The highest BCUT2D eigenvalue weighted by Gasteiger charge is 2.17. The van der Waals surface area contributed by atoms with E-state index in [1.54, 1.807) is 0 Å². The molecule has 11 aromatic rings. The second kappa shape index (κ2) is 13.8. The quantitative estimate of drug-likeness (QED) is 0.159. The van der Waals surface area contributed by atoms with Crippen LogP contribution in [0.15, 0.2) is 200 Å². The number of para-hydroxylation sites is 1. The van der Waals surface area contributed by atoms with Crippen LogP contribution >= 0.6 is 11.3 Å². The zero-order chi connectivity index (χ0) is 37.7. The molecule has 3 aromatic heterocycles. The van der Waals surface area contributed by atoms with E-state index >= 15 is 0 Å². The maximum Gasteiger partial charge on any atom is 0.160 e. The Kier molecular flexibility index (Phi) is 8.01. The van der Waals surface area contributed by atoms with E-state index in [1.165, 1.54) is 47.5 Å². The largest absolute Gasteiger partial charge is 0.247 e. The second-order valence-corrected chi connectivity index (χ2v) is 15.4. The maximum atomic E-state index is 5.26. The molecule has 0 unspecified atom stereocenters. The molecule has 0 amide bonds. The topological polar surface area (TPSA) is 38.7 Å². The van der Waals surface area contributed by atoms with Crippen molar-refractivity contribution in [3.8, 4) is 67.4 Å². The lowest BCUT2D eigenvalue weighted by Crippen LogP contribution is -1.96. The molecule has 8 aromatic carbocycles. The van der Waals surface area contributed by atoms with Crippen molar-refractivity contribution in [2.75, 3.05) is 0 Å². The number of nitrogens with zero attached hydrogens (tertiary/aromatic N) is 3. The summed E-state index contributed by atoms with van der Waals surface area (Å²) in [6, 6.07) is 70.7. The molecule has 0 saturated heterocycles. The van der Waals surface area contributed by atoms with Crippen LogP contribution in [-0.2, 0) is 0 Å². The van der Waals surface area contributed by atoms with Crippen molar-refractivity contribution in [3.63, 3.8) is 0 Å². The Bertz CT molecular complexity index is 3240. The first kappa shape index (κ1) is 33.1.